The lowest BCUT2D eigenvalue weighted by Crippen LogP contribution is -2.48. The molecule has 1 fully saturated rings. The van der Waals surface area contributed by atoms with E-state index in [1.54, 1.807) is 6.08 Å². The first-order valence-electron chi connectivity index (χ1n) is 9.08. The summed E-state index contributed by atoms with van der Waals surface area (Å²) in [5.74, 6) is -0.222. The number of rotatable bonds is 4. The normalized spacial score (nSPS) is 16.3. The van der Waals surface area contributed by atoms with E-state index in [0.29, 0.717) is 0 Å². The highest BCUT2D eigenvalue weighted by molar-refractivity contribution is 5.92. The molecule has 2 aromatic rings. The molecule has 5 nitrogen and oxygen atoms in total. The van der Waals surface area contributed by atoms with Crippen molar-refractivity contribution in [1.29, 1.82) is 5.26 Å². The average Bonchev–Trinajstić information content (AvgIpc) is 2.95. The quantitative estimate of drug-likeness (QED) is 0.853. The van der Waals surface area contributed by atoms with Gasteiger partial charge in [-0.2, -0.15) is 10.4 Å². The van der Waals surface area contributed by atoms with Crippen LogP contribution in [0.25, 0.3) is 11.8 Å². The van der Waals surface area contributed by atoms with E-state index < -0.39 is 5.54 Å². The Hall–Kier alpha value is -2.87. The Morgan fingerprint density at radius 1 is 1.23 bits per heavy atom. The summed E-state index contributed by atoms with van der Waals surface area (Å²) in [6.45, 7) is 3.92. The summed E-state index contributed by atoms with van der Waals surface area (Å²) >= 11 is 0. The van der Waals surface area contributed by atoms with Crippen LogP contribution < -0.4 is 5.32 Å². The molecule has 1 aliphatic rings. The Bertz CT molecular complexity index is 852. The summed E-state index contributed by atoms with van der Waals surface area (Å²) in [5, 5.41) is 17.0. The van der Waals surface area contributed by atoms with Gasteiger partial charge in [-0.3, -0.25) is 4.79 Å². The Labute approximate surface area is 154 Å². The van der Waals surface area contributed by atoms with Crippen molar-refractivity contribution in [1.82, 2.24) is 15.1 Å². The summed E-state index contributed by atoms with van der Waals surface area (Å²) in [5.41, 5.74) is 3.05. The highest BCUT2D eigenvalue weighted by Crippen LogP contribution is 2.27. The number of nitrogens with zero attached hydrogens (tertiary/aromatic N) is 3. The molecule has 0 atom stereocenters. The van der Waals surface area contributed by atoms with Gasteiger partial charge in [-0.05, 0) is 44.9 Å². The van der Waals surface area contributed by atoms with Crippen molar-refractivity contribution in [2.45, 2.75) is 51.5 Å². The van der Waals surface area contributed by atoms with E-state index in [1.807, 2.05) is 48.9 Å². The van der Waals surface area contributed by atoms with Crippen LogP contribution in [0.5, 0.6) is 0 Å². The number of para-hydroxylation sites is 1. The van der Waals surface area contributed by atoms with Crippen LogP contribution in [0.2, 0.25) is 0 Å². The van der Waals surface area contributed by atoms with Crippen LogP contribution in [0.15, 0.2) is 36.4 Å². The van der Waals surface area contributed by atoms with E-state index in [0.717, 1.165) is 54.7 Å². The molecule has 1 aliphatic carbocycles. The predicted molar refractivity (Wildman–Crippen MR) is 102 cm³/mol. The Balaban J connectivity index is 1.77. The second kappa shape index (κ2) is 7.57. The van der Waals surface area contributed by atoms with Gasteiger partial charge in [-0.25, -0.2) is 4.68 Å². The number of hydrogen-bond acceptors (Lipinski definition) is 3. The number of hydrogen-bond donors (Lipinski definition) is 1. The molecule has 1 aromatic heterocycles. The molecular formula is C21H24N4O. The second-order valence-electron chi connectivity index (χ2n) is 6.91. The monoisotopic (exact) mass is 348 g/mol. The molecular weight excluding hydrogens is 324 g/mol. The van der Waals surface area contributed by atoms with Gasteiger partial charge in [0, 0.05) is 17.3 Å². The molecule has 3 rings (SSSR count). The van der Waals surface area contributed by atoms with Gasteiger partial charge in [-0.1, -0.05) is 37.5 Å². The molecule has 1 N–H and O–H groups in total. The maximum atomic E-state index is 12.4. The number of nitrogens with one attached hydrogen (secondary N) is 1. The van der Waals surface area contributed by atoms with Crippen LogP contribution in [0.1, 0.15) is 49.1 Å². The zero-order valence-electron chi connectivity index (χ0n) is 15.3. The van der Waals surface area contributed by atoms with Gasteiger partial charge in [0.15, 0.2) is 0 Å². The van der Waals surface area contributed by atoms with Crippen molar-refractivity contribution < 1.29 is 4.79 Å². The topological polar surface area (TPSA) is 70.7 Å². The molecule has 1 heterocycles. The van der Waals surface area contributed by atoms with E-state index in [4.69, 9.17) is 0 Å². The van der Waals surface area contributed by atoms with Gasteiger partial charge in [0.25, 0.3) is 0 Å². The van der Waals surface area contributed by atoms with Crippen molar-refractivity contribution >= 4 is 12.0 Å². The highest BCUT2D eigenvalue weighted by atomic mass is 16.1. The Kier molecular flexibility index (Phi) is 5.22. The lowest BCUT2D eigenvalue weighted by molar-refractivity contribution is -0.118. The first-order valence-corrected chi connectivity index (χ1v) is 9.08. The number of carbonyl (C=O) groups excluding carboxylic acids is 1. The van der Waals surface area contributed by atoms with Crippen molar-refractivity contribution in [3.63, 3.8) is 0 Å². The molecule has 0 saturated heterocycles. The number of nitriles is 1. The minimum Gasteiger partial charge on any atom is -0.334 e. The SMILES string of the molecule is Cc1nn(-c2ccccc2)c(C)c1/C=C/C(=O)NC1(C#N)CCCCC1. The summed E-state index contributed by atoms with van der Waals surface area (Å²) in [6.07, 6.45) is 7.87. The fourth-order valence-corrected chi connectivity index (χ4v) is 3.57. The third kappa shape index (κ3) is 3.70. The van der Waals surface area contributed by atoms with Crippen LogP contribution in [-0.2, 0) is 4.79 Å². The van der Waals surface area contributed by atoms with Crippen LogP contribution in [-0.4, -0.2) is 21.2 Å². The Morgan fingerprint density at radius 2 is 1.92 bits per heavy atom. The van der Waals surface area contributed by atoms with E-state index in [1.165, 1.54) is 6.08 Å². The molecule has 134 valence electrons. The van der Waals surface area contributed by atoms with Crippen molar-refractivity contribution in [2.24, 2.45) is 0 Å². The lowest BCUT2D eigenvalue weighted by atomic mass is 9.83. The minimum atomic E-state index is -0.710. The number of amides is 1. The first kappa shape index (κ1) is 17.9. The third-order valence-corrected chi connectivity index (χ3v) is 5.03. The van der Waals surface area contributed by atoms with E-state index in [-0.39, 0.29) is 5.91 Å². The summed E-state index contributed by atoms with van der Waals surface area (Å²) < 4.78 is 1.88. The third-order valence-electron chi connectivity index (χ3n) is 5.03. The van der Waals surface area contributed by atoms with E-state index in [9.17, 15) is 10.1 Å². The van der Waals surface area contributed by atoms with Gasteiger partial charge in [0.05, 0.1) is 17.5 Å². The molecule has 26 heavy (non-hydrogen) atoms. The van der Waals surface area contributed by atoms with Crippen molar-refractivity contribution in [2.75, 3.05) is 0 Å². The smallest absolute Gasteiger partial charge is 0.245 e. The maximum Gasteiger partial charge on any atom is 0.245 e. The summed E-state index contributed by atoms with van der Waals surface area (Å²) in [7, 11) is 0. The second-order valence-corrected chi connectivity index (χ2v) is 6.91. The standard InChI is InChI=1S/C21H24N4O/c1-16-19(17(2)25(24-16)18-9-5-3-6-10-18)11-12-20(26)23-21(15-22)13-7-4-8-14-21/h3,5-6,9-12H,4,7-8,13-14H2,1-2H3,(H,23,26)/b12-11+. The molecule has 5 heteroatoms. The average molecular weight is 348 g/mol. The molecule has 0 unspecified atom stereocenters. The fraction of sp³-hybridized carbons (Fsp3) is 0.381. The van der Waals surface area contributed by atoms with Crippen molar-refractivity contribution in [3.05, 3.63) is 53.4 Å². The minimum absolute atomic E-state index is 0.222. The summed E-state index contributed by atoms with van der Waals surface area (Å²) in [6, 6.07) is 12.2. The molecule has 0 radical (unpaired) electrons. The van der Waals surface area contributed by atoms with Crippen LogP contribution in [0, 0.1) is 25.2 Å². The largest absolute Gasteiger partial charge is 0.334 e. The van der Waals surface area contributed by atoms with Gasteiger partial charge in [0.1, 0.15) is 5.54 Å². The van der Waals surface area contributed by atoms with Gasteiger partial charge in [0.2, 0.25) is 5.91 Å². The molecule has 1 aromatic carbocycles. The number of aromatic nitrogens is 2. The Morgan fingerprint density at radius 3 is 2.58 bits per heavy atom. The molecule has 0 aliphatic heterocycles. The predicted octanol–water partition coefficient (Wildman–Crippen LogP) is 3.85. The zero-order chi connectivity index (χ0) is 18.6. The molecule has 0 bridgehead atoms. The van der Waals surface area contributed by atoms with Crippen LogP contribution in [0.3, 0.4) is 0 Å². The number of aryl methyl sites for hydroxylation is 1. The number of carbonyl (C=O) groups is 1. The fourth-order valence-electron chi connectivity index (χ4n) is 3.57. The van der Waals surface area contributed by atoms with E-state index >= 15 is 0 Å². The lowest BCUT2D eigenvalue weighted by Gasteiger charge is -2.31. The van der Waals surface area contributed by atoms with Gasteiger partial charge >= 0.3 is 0 Å². The highest BCUT2D eigenvalue weighted by Gasteiger charge is 2.32. The maximum absolute atomic E-state index is 12.4. The van der Waals surface area contributed by atoms with Crippen LogP contribution >= 0.6 is 0 Å². The van der Waals surface area contributed by atoms with Crippen LogP contribution in [0.4, 0.5) is 0 Å². The van der Waals surface area contributed by atoms with Gasteiger partial charge in [-0.15, -0.1) is 0 Å². The molecule has 1 amide bonds. The molecule has 1 saturated carbocycles. The zero-order valence-corrected chi connectivity index (χ0v) is 15.3. The summed E-state index contributed by atoms with van der Waals surface area (Å²) in [4.78, 5) is 12.4. The first-order chi connectivity index (χ1) is 12.5. The van der Waals surface area contributed by atoms with Gasteiger partial charge < -0.3 is 5.32 Å². The number of benzene rings is 1. The van der Waals surface area contributed by atoms with Crippen molar-refractivity contribution in [3.8, 4) is 11.8 Å². The molecule has 0 spiro atoms. The van der Waals surface area contributed by atoms with E-state index in [2.05, 4.69) is 16.5 Å².